The standard InChI is InChI=1S/C12H19ClN2O/c1-12(2,3)9-6-4-8(5-7-9)10-14-11(13)15-16-10/h8-9H,4-7H2,1-3H3. The minimum atomic E-state index is 0.230. The second-order valence-electron chi connectivity index (χ2n) is 5.82. The van der Waals surface area contributed by atoms with Crippen molar-refractivity contribution in [2.75, 3.05) is 0 Å². The van der Waals surface area contributed by atoms with Gasteiger partial charge in [0.25, 0.3) is 5.28 Å². The van der Waals surface area contributed by atoms with Gasteiger partial charge in [-0.1, -0.05) is 20.8 Å². The summed E-state index contributed by atoms with van der Waals surface area (Å²) >= 11 is 5.66. The van der Waals surface area contributed by atoms with Gasteiger partial charge >= 0.3 is 0 Å². The lowest BCUT2D eigenvalue weighted by molar-refractivity contribution is 0.159. The zero-order valence-electron chi connectivity index (χ0n) is 10.2. The lowest BCUT2D eigenvalue weighted by atomic mass is 9.70. The molecule has 90 valence electrons. The summed E-state index contributed by atoms with van der Waals surface area (Å²) in [6.07, 6.45) is 4.77. The van der Waals surface area contributed by atoms with Crippen LogP contribution in [0.4, 0.5) is 0 Å². The monoisotopic (exact) mass is 242 g/mol. The van der Waals surface area contributed by atoms with Gasteiger partial charge in [-0.2, -0.15) is 4.98 Å². The molecule has 0 amide bonds. The van der Waals surface area contributed by atoms with E-state index in [1.165, 1.54) is 12.8 Å². The first-order chi connectivity index (χ1) is 7.47. The topological polar surface area (TPSA) is 38.9 Å². The quantitative estimate of drug-likeness (QED) is 0.746. The predicted octanol–water partition coefficient (Wildman–Crippen LogP) is 4.04. The smallest absolute Gasteiger partial charge is 0.263 e. The van der Waals surface area contributed by atoms with Gasteiger partial charge in [0.05, 0.1) is 0 Å². The summed E-state index contributed by atoms with van der Waals surface area (Å²) in [6, 6.07) is 0. The molecule has 0 unspecified atom stereocenters. The van der Waals surface area contributed by atoms with Gasteiger partial charge in [-0.15, -0.1) is 0 Å². The van der Waals surface area contributed by atoms with E-state index in [9.17, 15) is 0 Å². The Morgan fingerprint density at radius 1 is 1.19 bits per heavy atom. The molecule has 16 heavy (non-hydrogen) atoms. The number of hydrogen-bond acceptors (Lipinski definition) is 3. The van der Waals surface area contributed by atoms with Crippen molar-refractivity contribution in [3.8, 4) is 0 Å². The summed E-state index contributed by atoms with van der Waals surface area (Å²) in [7, 11) is 0. The Balaban J connectivity index is 1.95. The Morgan fingerprint density at radius 2 is 1.81 bits per heavy atom. The number of aromatic nitrogens is 2. The molecule has 0 atom stereocenters. The van der Waals surface area contributed by atoms with Gasteiger partial charge in [0, 0.05) is 5.92 Å². The normalized spacial score (nSPS) is 27.0. The average molecular weight is 243 g/mol. The van der Waals surface area contributed by atoms with Crippen LogP contribution in [0.1, 0.15) is 58.3 Å². The second-order valence-corrected chi connectivity index (χ2v) is 6.15. The first-order valence-corrected chi connectivity index (χ1v) is 6.33. The molecule has 0 radical (unpaired) electrons. The Kier molecular flexibility index (Phi) is 3.24. The molecule has 0 N–H and O–H groups in total. The van der Waals surface area contributed by atoms with E-state index in [4.69, 9.17) is 16.1 Å². The van der Waals surface area contributed by atoms with E-state index in [1.807, 2.05) is 0 Å². The van der Waals surface area contributed by atoms with Crippen molar-refractivity contribution in [1.29, 1.82) is 0 Å². The fourth-order valence-corrected chi connectivity index (χ4v) is 2.71. The molecule has 2 rings (SSSR count). The van der Waals surface area contributed by atoms with Crippen molar-refractivity contribution in [2.24, 2.45) is 11.3 Å². The van der Waals surface area contributed by atoms with Crippen LogP contribution in [0.15, 0.2) is 4.52 Å². The van der Waals surface area contributed by atoms with Gasteiger partial charge in [-0.25, -0.2) is 0 Å². The number of nitrogens with zero attached hydrogens (tertiary/aromatic N) is 2. The van der Waals surface area contributed by atoms with Crippen LogP contribution in [-0.2, 0) is 0 Å². The van der Waals surface area contributed by atoms with Crippen LogP contribution < -0.4 is 0 Å². The van der Waals surface area contributed by atoms with E-state index >= 15 is 0 Å². The molecule has 1 heterocycles. The van der Waals surface area contributed by atoms with Crippen molar-refractivity contribution >= 4 is 11.6 Å². The van der Waals surface area contributed by atoms with Gasteiger partial charge < -0.3 is 4.52 Å². The van der Waals surface area contributed by atoms with E-state index in [1.54, 1.807) is 0 Å². The van der Waals surface area contributed by atoms with Crippen LogP contribution in [-0.4, -0.2) is 10.1 Å². The van der Waals surface area contributed by atoms with E-state index in [-0.39, 0.29) is 5.28 Å². The lowest BCUT2D eigenvalue weighted by Gasteiger charge is -2.35. The maximum Gasteiger partial charge on any atom is 0.263 e. The minimum Gasteiger partial charge on any atom is -0.338 e. The number of halogens is 1. The number of rotatable bonds is 1. The van der Waals surface area contributed by atoms with Crippen LogP contribution in [0.3, 0.4) is 0 Å². The third-order valence-electron chi connectivity index (χ3n) is 3.72. The van der Waals surface area contributed by atoms with Crippen LogP contribution in [0.25, 0.3) is 0 Å². The number of hydrogen-bond donors (Lipinski definition) is 0. The molecule has 3 nitrogen and oxygen atoms in total. The van der Waals surface area contributed by atoms with Crippen LogP contribution in [0.2, 0.25) is 5.28 Å². The fraction of sp³-hybridized carbons (Fsp3) is 0.833. The molecule has 1 aromatic heterocycles. The summed E-state index contributed by atoms with van der Waals surface area (Å²) < 4.78 is 5.13. The van der Waals surface area contributed by atoms with Gasteiger partial charge in [0.15, 0.2) is 0 Å². The van der Waals surface area contributed by atoms with Gasteiger partial charge in [-0.05, 0) is 53.8 Å². The summed E-state index contributed by atoms with van der Waals surface area (Å²) in [5.74, 6) is 1.94. The Labute approximate surface area is 102 Å². The molecule has 1 aliphatic rings. The molecule has 0 bridgehead atoms. The zero-order chi connectivity index (χ0) is 11.8. The van der Waals surface area contributed by atoms with Crippen molar-refractivity contribution in [3.05, 3.63) is 11.2 Å². The van der Waals surface area contributed by atoms with Gasteiger partial charge in [0.1, 0.15) is 0 Å². The Morgan fingerprint density at radius 3 is 2.25 bits per heavy atom. The van der Waals surface area contributed by atoms with Crippen molar-refractivity contribution in [1.82, 2.24) is 10.1 Å². The lowest BCUT2D eigenvalue weighted by Crippen LogP contribution is -2.25. The predicted molar refractivity (Wildman–Crippen MR) is 63.5 cm³/mol. The molecule has 1 saturated carbocycles. The highest BCUT2D eigenvalue weighted by atomic mass is 35.5. The molecular weight excluding hydrogens is 224 g/mol. The summed E-state index contributed by atoms with van der Waals surface area (Å²) in [5.41, 5.74) is 0.414. The molecule has 0 saturated heterocycles. The Bertz CT molecular complexity index is 348. The minimum absolute atomic E-state index is 0.230. The van der Waals surface area contributed by atoms with Crippen LogP contribution >= 0.6 is 11.6 Å². The van der Waals surface area contributed by atoms with Gasteiger partial charge in [-0.3, -0.25) is 0 Å². The maximum absolute atomic E-state index is 5.66. The van der Waals surface area contributed by atoms with E-state index in [0.717, 1.165) is 24.7 Å². The summed E-state index contributed by atoms with van der Waals surface area (Å²) in [4.78, 5) is 4.11. The molecule has 1 fully saturated rings. The van der Waals surface area contributed by atoms with Gasteiger partial charge in [0.2, 0.25) is 5.89 Å². The molecule has 0 aliphatic heterocycles. The second kappa shape index (κ2) is 4.36. The molecule has 0 spiro atoms. The third-order valence-corrected chi connectivity index (χ3v) is 3.87. The maximum atomic E-state index is 5.66. The van der Waals surface area contributed by atoms with Crippen LogP contribution in [0.5, 0.6) is 0 Å². The first-order valence-electron chi connectivity index (χ1n) is 5.96. The molecular formula is C12H19ClN2O. The first kappa shape index (κ1) is 11.9. The molecule has 1 aromatic rings. The largest absolute Gasteiger partial charge is 0.338 e. The summed E-state index contributed by atoms with van der Waals surface area (Å²) in [5, 5.41) is 3.87. The summed E-state index contributed by atoms with van der Waals surface area (Å²) in [6.45, 7) is 6.96. The van der Waals surface area contributed by atoms with Crippen molar-refractivity contribution < 1.29 is 4.52 Å². The van der Waals surface area contributed by atoms with Crippen molar-refractivity contribution in [3.63, 3.8) is 0 Å². The van der Waals surface area contributed by atoms with E-state index in [0.29, 0.717) is 11.3 Å². The SMILES string of the molecule is CC(C)(C)C1CCC(c2nc(Cl)no2)CC1. The van der Waals surface area contributed by atoms with E-state index < -0.39 is 0 Å². The highest BCUT2D eigenvalue weighted by Gasteiger charge is 2.32. The third kappa shape index (κ3) is 2.57. The Hall–Kier alpha value is -0.570. The highest BCUT2D eigenvalue weighted by molar-refractivity contribution is 6.28. The van der Waals surface area contributed by atoms with Crippen molar-refractivity contribution in [2.45, 2.75) is 52.4 Å². The zero-order valence-corrected chi connectivity index (χ0v) is 10.9. The van der Waals surface area contributed by atoms with Crippen LogP contribution in [0, 0.1) is 11.3 Å². The fourth-order valence-electron chi connectivity index (χ4n) is 2.59. The average Bonchev–Trinajstić information content (AvgIpc) is 2.64. The molecule has 0 aromatic carbocycles. The molecule has 4 heteroatoms. The highest BCUT2D eigenvalue weighted by Crippen LogP contribution is 2.42. The molecule has 1 aliphatic carbocycles. The van der Waals surface area contributed by atoms with E-state index in [2.05, 4.69) is 30.9 Å².